The number of hydrogen-bond acceptors (Lipinski definition) is 4. The smallest absolute Gasteiger partial charge is 0.419 e. The van der Waals surface area contributed by atoms with E-state index >= 15 is 0 Å². The third kappa shape index (κ3) is 4.28. The maximum absolute atomic E-state index is 13.4. The van der Waals surface area contributed by atoms with Gasteiger partial charge in [0.1, 0.15) is 17.4 Å². The van der Waals surface area contributed by atoms with Crippen LogP contribution >= 0.6 is 0 Å². The molecule has 2 aliphatic heterocycles. The zero-order valence-corrected chi connectivity index (χ0v) is 16.5. The fourth-order valence-electron chi connectivity index (χ4n) is 4.12. The van der Waals surface area contributed by atoms with Gasteiger partial charge in [-0.3, -0.25) is 0 Å². The molecule has 2 heterocycles. The highest BCUT2D eigenvalue weighted by Gasteiger charge is 2.49. The summed E-state index contributed by atoms with van der Waals surface area (Å²) in [5, 5.41) is 3.46. The number of carbonyl (C=O) groups excluding carboxylic acids is 1. The number of ether oxygens (including phenoxy) is 2. The molecule has 2 saturated heterocycles. The van der Waals surface area contributed by atoms with Crippen LogP contribution in [0.2, 0.25) is 0 Å². The van der Waals surface area contributed by atoms with Gasteiger partial charge in [0.2, 0.25) is 0 Å². The van der Waals surface area contributed by atoms with Crippen molar-refractivity contribution >= 4 is 11.7 Å². The van der Waals surface area contributed by atoms with Crippen LogP contribution in [0, 0.1) is 11.6 Å². The van der Waals surface area contributed by atoms with Gasteiger partial charge in [0, 0.05) is 18.9 Å². The molecule has 6 heteroatoms. The molecule has 2 aromatic rings. The molecule has 1 spiro atoms. The first kappa shape index (κ1) is 20.3. The molecular formula is C24H23F2NO3. The Bertz CT molecular complexity index is 921. The molecule has 0 aliphatic carbocycles. The number of hydrogen-bond donors (Lipinski definition) is 1. The fraction of sp³-hybridized carbons (Fsp3) is 0.292. The lowest BCUT2D eigenvalue weighted by molar-refractivity contribution is 0.0307. The van der Waals surface area contributed by atoms with E-state index in [4.69, 9.17) is 9.47 Å². The molecule has 0 amide bonds. The highest BCUT2D eigenvalue weighted by Crippen LogP contribution is 2.39. The Labute approximate surface area is 174 Å². The van der Waals surface area contributed by atoms with Gasteiger partial charge < -0.3 is 14.8 Å². The second-order valence-corrected chi connectivity index (χ2v) is 7.69. The first-order valence-corrected chi connectivity index (χ1v) is 10.0. The predicted octanol–water partition coefficient (Wildman–Crippen LogP) is 5.35. The summed E-state index contributed by atoms with van der Waals surface area (Å²) in [6.07, 6.45) is 4.18. The van der Waals surface area contributed by atoms with E-state index in [1.807, 2.05) is 0 Å². The molecule has 2 atom stereocenters. The van der Waals surface area contributed by atoms with E-state index in [0.29, 0.717) is 25.1 Å². The lowest BCUT2D eigenvalue weighted by Gasteiger charge is -2.35. The quantitative estimate of drug-likeness (QED) is 0.674. The summed E-state index contributed by atoms with van der Waals surface area (Å²) in [5.74, 6) is -0.224. The van der Waals surface area contributed by atoms with Crippen molar-refractivity contribution < 1.29 is 23.0 Å². The van der Waals surface area contributed by atoms with Crippen LogP contribution in [0.4, 0.5) is 13.6 Å². The molecule has 4 nitrogen and oxygen atoms in total. The van der Waals surface area contributed by atoms with Crippen LogP contribution in [-0.4, -0.2) is 24.3 Å². The average Bonchev–Trinajstić information content (AvgIpc) is 2.99. The summed E-state index contributed by atoms with van der Waals surface area (Å²) < 4.78 is 37.2. The van der Waals surface area contributed by atoms with Gasteiger partial charge in [-0.1, -0.05) is 36.9 Å². The molecule has 2 aromatic carbocycles. The minimum absolute atomic E-state index is 0.129. The van der Waals surface area contributed by atoms with Crippen molar-refractivity contribution in [2.24, 2.45) is 0 Å². The van der Waals surface area contributed by atoms with Gasteiger partial charge in [-0.25, -0.2) is 13.6 Å². The lowest BCUT2D eigenvalue weighted by Crippen LogP contribution is -2.48. The summed E-state index contributed by atoms with van der Waals surface area (Å²) in [4.78, 5) is 11.5. The van der Waals surface area contributed by atoms with Gasteiger partial charge >= 0.3 is 6.16 Å². The van der Waals surface area contributed by atoms with Crippen molar-refractivity contribution in [3.63, 3.8) is 0 Å². The first-order chi connectivity index (χ1) is 14.4. The minimum atomic E-state index is -0.743. The predicted molar refractivity (Wildman–Crippen MR) is 110 cm³/mol. The third-order valence-electron chi connectivity index (χ3n) is 5.71. The largest absolute Gasteiger partial charge is 0.514 e. The number of rotatable bonds is 5. The van der Waals surface area contributed by atoms with Crippen LogP contribution in [-0.2, 0) is 9.47 Å². The molecule has 4 rings (SSSR count). The van der Waals surface area contributed by atoms with Crippen molar-refractivity contribution in [1.29, 1.82) is 0 Å². The number of halogens is 2. The summed E-state index contributed by atoms with van der Waals surface area (Å²) >= 11 is 0. The van der Waals surface area contributed by atoms with Gasteiger partial charge in [0.15, 0.2) is 5.60 Å². The van der Waals surface area contributed by atoms with Crippen LogP contribution in [0.3, 0.4) is 0 Å². The Morgan fingerprint density at radius 3 is 2.23 bits per heavy atom. The van der Waals surface area contributed by atoms with Crippen molar-refractivity contribution in [3.8, 4) is 0 Å². The Kier molecular flexibility index (Phi) is 5.68. The van der Waals surface area contributed by atoms with Crippen LogP contribution in [0.1, 0.15) is 36.8 Å². The Balaban J connectivity index is 1.50. The van der Waals surface area contributed by atoms with E-state index in [-0.39, 0.29) is 17.7 Å². The van der Waals surface area contributed by atoms with Crippen molar-refractivity contribution in [3.05, 3.63) is 89.7 Å². The number of cyclic esters (lactones) is 1. The number of piperidine rings is 1. The fourth-order valence-corrected chi connectivity index (χ4v) is 4.12. The SMILES string of the molecule is C=C1OC(=O)OC12CCNC(CCC=C(c1ccc(F)cc1)c1ccc(F)cc1)C2. The zero-order valence-electron chi connectivity index (χ0n) is 16.5. The van der Waals surface area contributed by atoms with E-state index in [9.17, 15) is 13.6 Å². The van der Waals surface area contributed by atoms with Gasteiger partial charge in [-0.15, -0.1) is 0 Å². The van der Waals surface area contributed by atoms with Crippen LogP contribution in [0.15, 0.2) is 66.9 Å². The molecule has 0 radical (unpaired) electrons. The number of benzene rings is 2. The maximum atomic E-state index is 13.4. The lowest BCUT2D eigenvalue weighted by atomic mass is 9.84. The second-order valence-electron chi connectivity index (χ2n) is 7.69. The molecule has 2 unspecified atom stereocenters. The van der Waals surface area contributed by atoms with E-state index in [1.54, 1.807) is 24.3 Å². The summed E-state index contributed by atoms with van der Waals surface area (Å²) in [6.45, 7) is 4.55. The van der Waals surface area contributed by atoms with Gasteiger partial charge in [0.05, 0.1) is 0 Å². The first-order valence-electron chi connectivity index (χ1n) is 10.0. The van der Waals surface area contributed by atoms with Crippen molar-refractivity contribution in [2.75, 3.05) is 6.54 Å². The summed E-state index contributed by atoms with van der Waals surface area (Å²) in [7, 11) is 0. The standard InChI is InChI=1S/C24H23F2NO3/c1-16-24(30-23(28)29-16)13-14-27-21(15-24)3-2-4-22(17-5-9-19(25)10-6-17)18-7-11-20(26)12-8-18/h4-12,21,27H,1-3,13-15H2. The maximum Gasteiger partial charge on any atom is 0.514 e. The molecule has 1 N–H and O–H groups in total. The van der Waals surface area contributed by atoms with Crippen molar-refractivity contribution in [2.45, 2.75) is 37.3 Å². The number of nitrogens with one attached hydrogen (secondary N) is 1. The van der Waals surface area contributed by atoms with Gasteiger partial charge in [-0.2, -0.15) is 0 Å². The summed E-state index contributed by atoms with van der Waals surface area (Å²) in [5.41, 5.74) is 1.90. The molecule has 2 fully saturated rings. The molecular weight excluding hydrogens is 388 g/mol. The topological polar surface area (TPSA) is 47.6 Å². The summed E-state index contributed by atoms with van der Waals surface area (Å²) in [6, 6.07) is 12.7. The van der Waals surface area contributed by atoms with E-state index in [1.165, 1.54) is 24.3 Å². The van der Waals surface area contributed by atoms with E-state index in [0.717, 1.165) is 29.5 Å². The Morgan fingerprint density at radius 1 is 1.10 bits per heavy atom. The molecule has 30 heavy (non-hydrogen) atoms. The molecule has 0 saturated carbocycles. The Hall–Kier alpha value is -2.99. The minimum Gasteiger partial charge on any atom is -0.419 e. The zero-order chi connectivity index (χ0) is 21.1. The third-order valence-corrected chi connectivity index (χ3v) is 5.71. The van der Waals surface area contributed by atoms with Crippen molar-refractivity contribution in [1.82, 2.24) is 5.32 Å². The molecule has 0 bridgehead atoms. The van der Waals surface area contributed by atoms with Crippen LogP contribution < -0.4 is 5.32 Å². The average molecular weight is 411 g/mol. The highest BCUT2D eigenvalue weighted by atomic mass is 19.1. The molecule has 0 aromatic heterocycles. The highest BCUT2D eigenvalue weighted by molar-refractivity contribution is 5.79. The molecule has 156 valence electrons. The second kappa shape index (κ2) is 8.40. The number of carbonyl (C=O) groups is 1. The van der Waals surface area contributed by atoms with Gasteiger partial charge in [-0.05, 0) is 60.4 Å². The number of allylic oxidation sites excluding steroid dienone is 1. The monoisotopic (exact) mass is 411 g/mol. The van der Waals surface area contributed by atoms with Crippen LogP contribution in [0.5, 0.6) is 0 Å². The van der Waals surface area contributed by atoms with Crippen LogP contribution in [0.25, 0.3) is 5.57 Å². The molecule has 2 aliphatic rings. The van der Waals surface area contributed by atoms with E-state index in [2.05, 4.69) is 18.0 Å². The van der Waals surface area contributed by atoms with E-state index < -0.39 is 11.8 Å². The normalized spacial score (nSPS) is 23.2. The van der Waals surface area contributed by atoms with Gasteiger partial charge in [0.25, 0.3) is 0 Å². The Morgan fingerprint density at radius 2 is 1.70 bits per heavy atom.